The third kappa shape index (κ3) is 3.51. The molecule has 19 heavy (non-hydrogen) atoms. The second kappa shape index (κ2) is 6.62. The Balaban J connectivity index is 2.03. The van der Waals surface area contributed by atoms with Crippen molar-refractivity contribution >= 4 is 16.6 Å². The van der Waals surface area contributed by atoms with Gasteiger partial charge in [-0.2, -0.15) is 5.26 Å². The van der Waals surface area contributed by atoms with Crippen LogP contribution in [0.4, 0.5) is 5.82 Å². The standard InChI is InChI=1S/C13H18N4OS/c1-2-19(18)11-5-3-4-10(8-11)17-13-12(9-14)15-6-7-16-13/h6-7,10-11H,2-5,8H2,1H3,(H,16,17). The van der Waals surface area contributed by atoms with Crippen LogP contribution in [-0.4, -0.2) is 31.2 Å². The van der Waals surface area contributed by atoms with Crippen molar-refractivity contribution in [3.05, 3.63) is 18.1 Å². The topological polar surface area (TPSA) is 78.7 Å². The fraction of sp³-hybridized carbons (Fsp3) is 0.615. The first-order valence-electron chi connectivity index (χ1n) is 6.59. The molecule has 0 aliphatic heterocycles. The summed E-state index contributed by atoms with van der Waals surface area (Å²) < 4.78 is 11.9. The molecule has 1 heterocycles. The lowest BCUT2D eigenvalue weighted by Gasteiger charge is -2.29. The molecule has 0 saturated heterocycles. The Bertz CT molecular complexity index is 500. The Kier molecular flexibility index (Phi) is 4.86. The van der Waals surface area contributed by atoms with Crippen LogP contribution < -0.4 is 5.32 Å². The SMILES string of the molecule is CCS(=O)C1CCCC(Nc2nccnc2C#N)C1. The molecular weight excluding hydrogens is 260 g/mol. The predicted molar refractivity (Wildman–Crippen MR) is 75.1 cm³/mol. The molecule has 1 N–H and O–H groups in total. The van der Waals surface area contributed by atoms with Gasteiger partial charge in [0.05, 0.1) is 0 Å². The molecule has 1 aromatic rings. The molecule has 0 amide bonds. The molecule has 0 bridgehead atoms. The Morgan fingerprint density at radius 3 is 3.00 bits per heavy atom. The van der Waals surface area contributed by atoms with E-state index in [-0.39, 0.29) is 11.3 Å². The second-order valence-corrected chi connectivity index (χ2v) is 6.67. The highest BCUT2D eigenvalue weighted by molar-refractivity contribution is 7.85. The van der Waals surface area contributed by atoms with Crippen molar-refractivity contribution in [2.24, 2.45) is 0 Å². The van der Waals surface area contributed by atoms with Crippen molar-refractivity contribution < 1.29 is 4.21 Å². The summed E-state index contributed by atoms with van der Waals surface area (Å²) in [7, 11) is -0.740. The summed E-state index contributed by atoms with van der Waals surface area (Å²) >= 11 is 0. The Morgan fingerprint density at radius 1 is 1.47 bits per heavy atom. The zero-order valence-corrected chi connectivity index (χ0v) is 11.8. The summed E-state index contributed by atoms with van der Waals surface area (Å²) in [4.78, 5) is 8.15. The van der Waals surface area contributed by atoms with E-state index in [1.807, 2.05) is 13.0 Å². The van der Waals surface area contributed by atoms with Crippen molar-refractivity contribution in [2.45, 2.75) is 43.9 Å². The van der Waals surface area contributed by atoms with Crippen molar-refractivity contribution in [2.75, 3.05) is 11.1 Å². The maximum atomic E-state index is 11.9. The molecule has 0 spiro atoms. The molecule has 102 valence electrons. The Hall–Kier alpha value is -1.48. The third-order valence-electron chi connectivity index (χ3n) is 3.43. The highest BCUT2D eigenvalue weighted by atomic mass is 32.2. The quantitative estimate of drug-likeness (QED) is 0.909. The molecule has 0 aromatic carbocycles. The highest BCUT2D eigenvalue weighted by Gasteiger charge is 2.26. The predicted octanol–water partition coefficient (Wildman–Crippen LogP) is 1.84. The monoisotopic (exact) mass is 278 g/mol. The van der Waals surface area contributed by atoms with Crippen molar-refractivity contribution in [3.8, 4) is 6.07 Å². The normalized spacial score (nSPS) is 24.4. The summed E-state index contributed by atoms with van der Waals surface area (Å²) in [5, 5.41) is 12.5. The van der Waals surface area contributed by atoms with E-state index in [1.54, 1.807) is 6.20 Å². The van der Waals surface area contributed by atoms with Crippen LogP contribution in [-0.2, 0) is 10.8 Å². The number of hydrogen-bond acceptors (Lipinski definition) is 5. The molecule has 1 aliphatic rings. The molecule has 1 saturated carbocycles. The number of nitrogens with one attached hydrogen (secondary N) is 1. The second-order valence-electron chi connectivity index (χ2n) is 4.66. The zero-order valence-electron chi connectivity index (χ0n) is 11.0. The van der Waals surface area contributed by atoms with E-state index in [2.05, 4.69) is 15.3 Å². The van der Waals surface area contributed by atoms with Gasteiger partial charge in [0.15, 0.2) is 11.5 Å². The van der Waals surface area contributed by atoms with E-state index >= 15 is 0 Å². The molecule has 2 rings (SSSR count). The van der Waals surface area contributed by atoms with E-state index in [4.69, 9.17) is 5.26 Å². The number of anilines is 1. The lowest BCUT2D eigenvalue weighted by Crippen LogP contribution is -2.33. The van der Waals surface area contributed by atoms with E-state index in [9.17, 15) is 4.21 Å². The fourth-order valence-electron chi connectivity index (χ4n) is 2.47. The van der Waals surface area contributed by atoms with Gasteiger partial charge in [0, 0.05) is 40.2 Å². The van der Waals surface area contributed by atoms with Crippen LogP contribution in [0.15, 0.2) is 12.4 Å². The summed E-state index contributed by atoms with van der Waals surface area (Å²) in [6.45, 7) is 1.96. The maximum Gasteiger partial charge on any atom is 0.182 e. The average Bonchev–Trinajstić information content (AvgIpc) is 2.47. The van der Waals surface area contributed by atoms with Crippen LogP contribution in [0.2, 0.25) is 0 Å². The molecular formula is C13H18N4OS. The minimum Gasteiger partial charge on any atom is -0.365 e. The first-order chi connectivity index (χ1) is 9.24. The number of hydrogen-bond donors (Lipinski definition) is 1. The van der Waals surface area contributed by atoms with Gasteiger partial charge >= 0.3 is 0 Å². The lowest BCUT2D eigenvalue weighted by atomic mass is 9.95. The van der Waals surface area contributed by atoms with Gasteiger partial charge in [-0.05, 0) is 19.3 Å². The van der Waals surface area contributed by atoms with Crippen molar-refractivity contribution in [3.63, 3.8) is 0 Å². The van der Waals surface area contributed by atoms with Gasteiger partial charge < -0.3 is 5.32 Å². The zero-order chi connectivity index (χ0) is 13.7. The summed E-state index contributed by atoms with van der Waals surface area (Å²) in [5.74, 6) is 1.25. The number of nitrogens with zero attached hydrogens (tertiary/aromatic N) is 3. The van der Waals surface area contributed by atoms with Gasteiger partial charge in [0.1, 0.15) is 6.07 Å². The number of nitriles is 1. The molecule has 5 nitrogen and oxygen atoms in total. The van der Waals surface area contributed by atoms with Crippen LogP contribution in [0, 0.1) is 11.3 Å². The van der Waals surface area contributed by atoms with Gasteiger partial charge in [-0.3, -0.25) is 4.21 Å². The molecule has 3 atom stereocenters. The maximum absolute atomic E-state index is 11.9. The van der Waals surface area contributed by atoms with Gasteiger partial charge in [-0.25, -0.2) is 9.97 Å². The van der Waals surface area contributed by atoms with E-state index < -0.39 is 10.8 Å². The first kappa shape index (κ1) is 13.9. The Labute approximate surface area is 115 Å². The largest absolute Gasteiger partial charge is 0.365 e. The van der Waals surface area contributed by atoms with Crippen LogP contribution in [0.3, 0.4) is 0 Å². The minimum absolute atomic E-state index is 0.234. The van der Waals surface area contributed by atoms with Crippen LogP contribution in [0.1, 0.15) is 38.3 Å². The molecule has 3 unspecified atom stereocenters. The number of rotatable bonds is 4. The average molecular weight is 278 g/mol. The molecule has 1 aliphatic carbocycles. The summed E-state index contributed by atoms with van der Waals surface area (Å²) in [5.41, 5.74) is 0.321. The minimum atomic E-state index is -0.740. The summed E-state index contributed by atoms with van der Waals surface area (Å²) in [6, 6.07) is 2.27. The molecule has 1 aromatic heterocycles. The van der Waals surface area contributed by atoms with Gasteiger partial charge in [-0.1, -0.05) is 13.3 Å². The van der Waals surface area contributed by atoms with Crippen LogP contribution in [0.5, 0.6) is 0 Å². The summed E-state index contributed by atoms with van der Waals surface area (Å²) in [6.07, 6.45) is 7.09. The molecule has 1 fully saturated rings. The van der Waals surface area contributed by atoms with Gasteiger partial charge in [0.2, 0.25) is 0 Å². The van der Waals surface area contributed by atoms with E-state index in [0.29, 0.717) is 17.3 Å². The van der Waals surface area contributed by atoms with Crippen molar-refractivity contribution in [1.82, 2.24) is 9.97 Å². The number of aromatic nitrogens is 2. The third-order valence-corrected chi connectivity index (χ3v) is 5.17. The van der Waals surface area contributed by atoms with E-state index in [0.717, 1.165) is 25.7 Å². The van der Waals surface area contributed by atoms with Gasteiger partial charge in [-0.15, -0.1) is 0 Å². The fourth-order valence-corrected chi connectivity index (χ4v) is 3.82. The van der Waals surface area contributed by atoms with E-state index in [1.165, 1.54) is 6.20 Å². The van der Waals surface area contributed by atoms with Crippen LogP contribution in [0.25, 0.3) is 0 Å². The molecule has 6 heteroatoms. The van der Waals surface area contributed by atoms with Crippen LogP contribution >= 0.6 is 0 Å². The highest BCUT2D eigenvalue weighted by Crippen LogP contribution is 2.25. The first-order valence-corrected chi connectivity index (χ1v) is 7.97. The lowest BCUT2D eigenvalue weighted by molar-refractivity contribution is 0.464. The smallest absolute Gasteiger partial charge is 0.182 e. The van der Waals surface area contributed by atoms with Crippen molar-refractivity contribution in [1.29, 1.82) is 5.26 Å². The Morgan fingerprint density at radius 2 is 2.26 bits per heavy atom. The van der Waals surface area contributed by atoms with Gasteiger partial charge in [0.25, 0.3) is 0 Å². The molecule has 0 radical (unpaired) electrons.